The first kappa shape index (κ1) is 7.88. The molecule has 2 aliphatic rings. The van der Waals surface area contributed by atoms with Gasteiger partial charge in [-0.25, -0.2) is 0 Å². The predicted octanol–water partition coefficient (Wildman–Crippen LogP) is 2.55. The van der Waals surface area contributed by atoms with Gasteiger partial charge in [0, 0.05) is 10.8 Å². The van der Waals surface area contributed by atoms with E-state index in [4.69, 9.17) is 23.2 Å². The first-order valence-electron chi connectivity index (χ1n) is 3.79. The summed E-state index contributed by atoms with van der Waals surface area (Å²) in [6.07, 6.45) is 1.94. The molecule has 0 saturated heterocycles. The number of carbonyl (C=O) groups excluding carboxylic acids is 1. The molecule has 0 heterocycles. The van der Waals surface area contributed by atoms with Crippen LogP contribution in [0.1, 0.15) is 26.7 Å². The first-order chi connectivity index (χ1) is 4.86. The van der Waals surface area contributed by atoms with Gasteiger partial charge in [0.2, 0.25) is 0 Å². The van der Waals surface area contributed by atoms with Crippen LogP contribution in [-0.4, -0.2) is 10.1 Å². The van der Waals surface area contributed by atoms with Crippen LogP contribution in [0.3, 0.4) is 0 Å². The van der Waals surface area contributed by atoms with Gasteiger partial charge in [-0.15, -0.1) is 0 Å². The molecule has 0 aromatic rings. The van der Waals surface area contributed by atoms with Crippen molar-refractivity contribution in [1.82, 2.24) is 0 Å². The van der Waals surface area contributed by atoms with E-state index in [1.807, 2.05) is 13.8 Å². The molecule has 1 spiro atoms. The van der Waals surface area contributed by atoms with E-state index in [2.05, 4.69) is 0 Å². The lowest BCUT2D eigenvalue weighted by Crippen LogP contribution is -2.64. The Bertz CT molecular complexity index is 228. The maximum absolute atomic E-state index is 11.4. The molecule has 2 fully saturated rings. The second-order valence-corrected chi connectivity index (χ2v) is 5.44. The van der Waals surface area contributed by atoms with Crippen molar-refractivity contribution < 1.29 is 4.79 Å². The highest BCUT2D eigenvalue weighted by molar-refractivity contribution is 6.62. The van der Waals surface area contributed by atoms with Gasteiger partial charge in [0.05, 0.1) is 0 Å². The monoisotopic (exact) mass is 192 g/mol. The molecule has 0 aromatic heterocycles. The van der Waals surface area contributed by atoms with Gasteiger partial charge in [-0.2, -0.15) is 0 Å². The molecule has 1 nitrogen and oxygen atoms in total. The molecule has 2 saturated carbocycles. The first-order valence-corrected chi connectivity index (χ1v) is 4.55. The van der Waals surface area contributed by atoms with E-state index in [0.29, 0.717) is 0 Å². The summed E-state index contributed by atoms with van der Waals surface area (Å²) < 4.78 is -1.12. The fourth-order valence-electron chi connectivity index (χ4n) is 2.08. The summed E-state index contributed by atoms with van der Waals surface area (Å²) in [6, 6.07) is 0. The molecule has 0 bridgehead atoms. The van der Waals surface area contributed by atoms with E-state index in [-0.39, 0.29) is 16.6 Å². The Labute approximate surface area is 76.1 Å². The largest absolute Gasteiger partial charge is 0.296 e. The van der Waals surface area contributed by atoms with Crippen LogP contribution in [0.5, 0.6) is 0 Å². The minimum Gasteiger partial charge on any atom is -0.296 e. The van der Waals surface area contributed by atoms with Gasteiger partial charge in [-0.05, 0) is 12.8 Å². The van der Waals surface area contributed by atoms with Crippen LogP contribution >= 0.6 is 23.2 Å². The summed E-state index contributed by atoms with van der Waals surface area (Å²) in [5, 5.41) is 0. The second-order valence-electron chi connectivity index (χ2n) is 4.11. The van der Waals surface area contributed by atoms with Gasteiger partial charge < -0.3 is 0 Å². The Hall–Kier alpha value is 0.250. The highest BCUT2D eigenvalue weighted by Crippen LogP contribution is 2.75. The average Bonchev–Trinajstić information content (AvgIpc) is 2.65. The van der Waals surface area contributed by atoms with Crippen molar-refractivity contribution in [2.45, 2.75) is 31.0 Å². The maximum atomic E-state index is 11.4. The van der Waals surface area contributed by atoms with Gasteiger partial charge in [0.25, 0.3) is 0 Å². The number of carbonyl (C=O) groups is 1. The Morgan fingerprint density at radius 2 is 1.73 bits per heavy atom. The molecular formula is C8H10Cl2O. The van der Waals surface area contributed by atoms with Crippen LogP contribution in [-0.2, 0) is 4.79 Å². The molecule has 0 atom stereocenters. The minimum atomic E-state index is -1.12. The number of halogens is 2. The number of hydrogen-bond acceptors (Lipinski definition) is 1. The van der Waals surface area contributed by atoms with E-state index in [1.54, 1.807) is 0 Å². The third-order valence-electron chi connectivity index (χ3n) is 3.45. The lowest BCUT2D eigenvalue weighted by Gasteiger charge is -2.53. The molecule has 0 aliphatic heterocycles. The smallest absolute Gasteiger partial charge is 0.182 e. The molecule has 0 aromatic carbocycles. The highest BCUT2D eigenvalue weighted by Gasteiger charge is 2.80. The van der Waals surface area contributed by atoms with Crippen molar-refractivity contribution in [2.75, 3.05) is 0 Å². The fourth-order valence-corrected chi connectivity index (χ4v) is 2.81. The SMILES string of the molecule is CC1(C)C(Cl)(Cl)C(=O)C12CC2. The van der Waals surface area contributed by atoms with Crippen molar-refractivity contribution in [2.24, 2.45) is 10.8 Å². The van der Waals surface area contributed by atoms with Crippen LogP contribution in [0.2, 0.25) is 0 Å². The van der Waals surface area contributed by atoms with Crippen molar-refractivity contribution in [1.29, 1.82) is 0 Å². The Morgan fingerprint density at radius 1 is 1.27 bits per heavy atom. The third kappa shape index (κ3) is 0.561. The van der Waals surface area contributed by atoms with Gasteiger partial charge >= 0.3 is 0 Å². The van der Waals surface area contributed by atoms with E-state index in [0.717, 1.165) is 12.8 Å². The number of ketones is 1. The zero-order valence-electron chi connectivity index (χ0n) is 6.58. The molecule has 2 rings (SSSR count). The van der Waals surface area contributed by atoms with E-state index >= 15 is 0 Å². The zero-order valence-corrected chi connectivity index (χ0v) is 8.09. The summed E-state index contributed by atoms with van der Waals surface area (Å²) in [5.41, 5.74) is -0.364. The summed E-state index contributed by atoms with van der Waals surface area (Å²) in [7, 11) is 0. The lowest BCUT2D eigenvalue weighted by molar-refractivity contribution is -0.145. The van der Waals surface area contributed by atoms with Crippen molar-refractivity contribution in [3.05, 3.63) is 0 Å². The molecule has 62 valence electrons. The summed E-state index contributed by atoms with van der Waals surface area (Å²) >= 11 is 11.8. The molecule has 0 unspecified atom stereocenters. The number of rotatable bonds is 0. The van der Waals surface area contributed by atoms with Gasteiger partial charge in [0.15, 0.2) is 10.1 Å². The lowest BCUT2D eigenvalue weighted by atomic mass is 9.57. The molecule has 0 amide bonds. The number of hydrogen-bond donors (Lipinski definition) is 0. The van der Waals surface area contributed by atoms with Crippen molar-refractivity contribution in [3.63, 3.8) is 0 Å². The third-order valence-corrected chi connectivity index (χ3v) is 4.74. The Kier molecular flexibility index (Phi) is 1.16. The van der Waals surface area contributed by atoms with E-state index in [9.17, 15) is 4.79 Å². The number of alkyl halides is 2. The van der Waals surface area contributed by atoms with E-state index < -0.39 is 4.33 Å². The van der Waals surface area contributed by atoms with E-state index in [1.165, 1.54) is 0 Å². The van der Waals surface area contributed by atoms with Crippen molar-refractivity contribution in [3.8, 4) is 0 Å². The second kappa shape index (κ2) is 1.62. The standard InChI is InChI=1S/C8H10Cl2O/c1-6(2)7(3-4-7)5(11)8(6,9)10/h3-4H2,1-2H3. The normalized spacial score (nSPS) is 35.1. The van der Waals surface area contributed by atoms with Gasteiger partial charge in [-0.1, -0.05) is 37.0 Å². The topological polar surface area (TPSA) is 17.1 Å². The quantitative estimate of drug-likeness (QED) is 0.540. The molecule has 0 N–H and O–H groups in total. The average molecular weight is 193 g/mol. The molecule has 0 radical (unpaired) electrons. The number of Topliss-reactive ketones (excluding diaryl/α,β-unsaturated/α-hetero) is 1. The van der Waals surface area contributed by atoms with Crippen molar-refractivity contribution >= 4 is 29.0 Å². The highest BCUT2D eigenvalue weighted by atomic mass is 35.5. The van der Waals surface area contributed by atoms with Crippen LogP contribution in [0.25, 0.3) is 0 Å². The Morgan fingerprint density at radius 3 is 1.91 bits per heavy atom. The van der Waals surface area contributed by atoms with Gasteiger partial charge in [0.1, 0.15) is 0 Å². The van der Waals surface area contributed by atoms with Gasteiger partial charge in [-0.3, -0.25) is 4.79 Å². The Balaban J connectivity index is 2.41. The maximum Gasteiger partial charge on any atom is 0.182 e. The van der Waals surface area contributed by atoms with Crippen LogP contribution in [0.4, 0.5) is 0 Å². The molecule has 11 heavy (non-hydrogen) atoms. The molecule has 2 aliphatic carbocycles. The predicted molar refractivity (Wildman–Crippen MR) is 44.9 cm³/mol. The van der Waals surface area contributed by atoms with Crippen LogP contribution in [0, 0.1) is 10.8 Å². The van der Waals surface area contributed by atoms with Crippen LogP contribution < -0.4 is 0 Å². The summed E-state index contributed by atoms with van der Waals surface area (Å²) in [6.45, 7) is 3.95. The summed E-state index contributed by atoms with van der Waals surface area (Å²) in [5.74, 6) is 0.0401. The minimum absolute atomic E-state index is 0.0401. The fraction of sp³-hybridized carbons (Fsp3) is 0.875. The zero-order chi connectivity index (χ0) is 8.49. The van der Waals surface area contributed by atoms with Crippen LogP contribution in [0.15, 0.2) is 0 Å². The molecule has 3 heteroatoms. The molecular weight excluding hydrogens is 183 g/mol. The summed E-state index contributed by atoms with van der Waals surface area (Å²) in [4.78, 5) is 11.4.